The Hall–Kier alpha value is -6.37. The molecule has 354 valence electrons. The lowest BCUT2D eigenvalue weighted by atomic mass is 10.00. The smallest absolute Gasteiger partial charge is 0.247 e. The number of benzene rings is 5. The van der Waals surface area contributed by atoms with Crippen molar-refractivity contribution >= 4 is 40.7 Å². The molecular formula is C56H64FN7O4. The quantitative estimate of drug-likeness (QED) is 0.108. The second-order valence-electron chi connectivity index (χ2n) is 18.9. The van der Waals surface area contributed by atoms with Crippen molar-refractivity contribution in [2.24, 2.45) is 0 Å². The summed E-state index contributed by atoms with van der Waals surface area (Å²) in [6, 6.07) is 40.0. The number of carbonyl (C=O) groups excluding carboxylic acids is 4. The number of piperidine rings is 2. The molecule has 4 aliphatic rings. The van der Waals surface area contributed by atoms with Crippen molar-refractivity contribution in [1.82, 2.24) is 19.6 Å². The molecule has 4 heterocycles. The number of rotatable bonds is 15. The van der Waals surface area contributed by atoms with E-state index in [1.165, 1.54) is 25.0 Å². The molecule has 0 bridgehead atoms. The minimum Gasteiger partial charge on any atom is -0.363 e. The topological polar surface area (TPSA) is 109 Å². The van der Waals surface area contributed by atoms with Crippen LogP contribution in [0.2, 0.25) is 0 Å². The molecule has 5 aromatic carbocycles. The third-order valence-electron chi connectivity index (χ3n) is 14.3. The van der Waals surface area contributed by atoms with Crippen LogP contribution in [0.4, 0.5) is 21.5 Å². The second kappa shape index (κ2) is 22.2. The molecule has 4 fully saturated rings. The summed E-state index contributed by atoms with van der Waals surface area (Å²) in [6.45, 7) is 5.60. The zero-order valence-corrected chi connectivity index (χ0v) is 39.0. The van der Waals surface area contributed by atoms with Gasteiger partial charge < -0.3 is 25.3 Å². The van der Waals surface area contributed by atoms with Crippen molar-refractivity contribution in [3.8, 4) is 0 Å². The van der Waals surface area contributed by atoms with Gasteiger partial charge in [0.1, 0.15) is 30.0 Å². The normalized spacial score (nSPS) is 19.8. The molecule has 4 amide bonds. The van der Waals surface area contributed by atoms with Crippen molar-refractivity contribution in [3.05, 3.63) is 162 Å². The lowest BCUT2D eigenvalue weighted by Crippen LogP contribution is -2.49. The predicted molar refractivity (Wildman–Crippen MR) is 265 cm³/mol. The van der Waals surface area contributed by atoms with E-state index in [4.69, 9.17) is 0 Å². The second-order valence-corrected chi connectivity index (χ2v) is 18.9. The van der Waals surface area contributed by atoms with Gasteiger partial charge >= 0.3 is 0 Å². The van der Waals surface area contributed by atoms with Gasteiger partial charge in [-0.2, -0.15) is 0 Å². The molecule has 4 atom stereocenters. The molecule has 0 radical (unpaired) electrons. The maximum absolute atomic E-state index is 14.3. The summed E-state index contributed by atoms with van der Waals surface area (Å²) in [5.41, 5.74) is 6.08. The summed E-state index contributed by atoms with van der Waals surface area (Å²) in [6.07, 6.45) is 9.37. The van der Waals surface area contributed by atoms with Gasteiger partial charge in [-0.25, -0.2) is 4.39 Å². The van der Waals surface area contributed by atoms with Crippen molar-refractivity contribution in [2.75, 3.05) is 54.8 Å². The van der Waals surface area contributed by atoms with E-state index >= 15 is 0 Å². The van der Waals surface area contributed by atoms with Crippen molar-refractivity contribution in [1.29, 1.82) is 0 Å². The fourth-order valence-corrected chi connectivity index (χ4v) is 10.7. The number of amides is 4. The third-order valence-corrected chi connectivity index (χ3v) is 14.3. The highest BCUT2D eigenvalue weighted by atomic mass is 19.1. The highest BCUT2D eigenvalue weighted by Crippen LogP contribution is 2.33. The first kappa shape index (κ1) is 46.7. The average Bonchev–Trinajstić information content (AvgIpc) is 4.09. The predicted octanol–water partition coefficient (Wildman–Crippen LogP) is 9.35. The van der Waals surface area contributed by atoms with Crippen molar-refractivity contribution < 1.29 is 23.6 Å². The van der Waals surface area contributed by atoms with Crippen LogP contribution in [0, 0.1) is 5.82 Å². The highest BCUT2D eigenvalue weighted by Gasteiger charge is 2.41. The Bertz CT molecular complexity index is 2310. The molecule has 4 saturated heterocycles. The van der Waals surface area contributed by atoms with Crippen LogP contribution in [0.25, 0.3) is 0 Å². The van der Waals surface area contributed by atoms with Crippen LogP contribution in [0.5, 0.6) is 0 Å². The van der Waals surface area contributed by atoms with E-state index in [9.17, 15) is 23.6 Å². The van der Waals surface area contributed by atoms with Gasteiger partial charge in [0.25, 0.3) is 0 Å². The lowest BCUT2D eigenvalue weighted by Gasteiger charge is -2.37. The number of nitrogens with one attached hydrogen (secondary N) is 2. The molecule has 9 rings (SSSR count). The molecule has 1 unspecified atom stereocenters. The first-order chi connectivity index (χ1) is 33.3. The average molecular weight is 918 g/mol. The maximum atomic E-state index is 14.3. The third kappa shape index (κ3) is 11.1. The maximum Gasteiger partial charge on any atom is 0.247 e. The fourth-order valence-electron chi connectivity index (χ4n) is 10.7. The molecule has 0 aliphatic carbocycles. The Morgan fingerprint density at radius 3 is 1.28 bits per heavy atom. The number of likely N-dealkylation sites (tertiary alicyclic amines) is 4. The fraction of sp³-hybridized carbons (Fsp3) is 0.393. The van der Waals surface area contributed by atoms with E-state index in [0.717, 1.165) is 92.6 Å². The van der Waals surface area contributed by atoms with E-state index in [-0.39, 0.29) is 29.4 Å². The van der Waals surface area contributed by atoms with E-state index in [1.807, 2.05) is 109 Å². The van der Waals surface area contributed by atoms with Crippen molar-refractivity contribution in [3.63, 3.8) is 0 Å². The number of halogens is 1. The van der Waals surface area contributed by atoms with E-state index in [0.29, 0.717) is 50.4 Å². The Morgan fingerprint density at radius 1 is 0.485 bits per heavy atom. The Labute approximate surface area is 400 Å². The van der Waals surface area contributed by atoms with Gasteiger partial charge in [0.2, 0.25) is 23.6 Å². The SMILES string of the molecule is O=C(Nc1ccc(CN(Cc2ccc(NC(=O)[C@@H]3CCCN3C(=O)[C@@H](c3ccccc3)N3CCCCC3)cc2)c2ccc(F)cc2)cc1)C1CCCN1C(=O)[C@@H](c1ccccc1)N1CCCCC1. The molecule has 0 spiro atoms. The van der Waals surface area contributed by atoms with Gasteiger partial charge in [0.15, 0.2) is 0 Å². The molecular weight excluding hydrogens is 854 g/mol. The van der Waals surface area contributed by atoms with Gasteiger partial charge in [0.05, 0.1) is 0 Å². The summed E-state index contributed by atoms with van der Waals surface area (Å²) in [5.74, 6) is -0.685. The molecule has 12 heteroatoms. The molecule has 68 heavy (non-hydrogen) atoms. The molecule has 11 nitrogen and oxygen atoms in total. The van der Waals surface area contributed by atoms with Crippen LogP contribution in [-0.2, 0) is 32.3 Å². The van der Waals surface area contributed by atoms with Gasteiger partial charge in [-0.15, -0.1) is 0 Å². The number of carbonyl (C=O) groups is 4. The molecule has 5 aromatic rings. The highest BCUT2D eigenvalue weighted by molar-refractivity contribution is 5.99. The molecule has 4 aliphatic heterocycles. The zero-order valence-electron chi connectivity index (χ0n) is 39.0. The van der Waals surface area contributed by atoms with Crippen LogP contribution in [-0.4, -0.2) is 94.6 Å². The van der Waals surface area contributed by atoms with Gasteiger partial charge in [-0.3, -0.25) is 29.0 Å². The summed E-state index contributed by atoms with van der Waals surface area (Å²) < 4.78 is 14.1. The van der Waals surface area contributed by atoms with E-state index < -0.39 is 24.2 Å². The summed E-state index contributed by atoms with van der Waals surface area (Å²) in [5, 5.41) is 6.20. The van der Waals surface area contributed by atoms with Crippen LogP contribution < -0.4 is 15.5 Å². The summed E-state index contributed by atoms with van der Waals surface area (Å²) in [4.78, 5) is 66.7. The summed E-state index contributed by atoms with van der Waals surface area (Å²) >= 11 is 0. The van der Waals surface area contributed by atoms with Crippen LogP contribution >= 0.6 is 0 Å². The number of anilines is 3. The number of hydrogen-bond donors (Lipinski definition) is 2. The van der Waals surface area contributed by atoms with Gasteiger partial charge in [0, 0.05) is 43.2 Å². The van der Waals surface area contributed by atoms with Crippen LogP contribution in [0.15, 0.2) is 133 Å². The number of hydrogen-bond acceptors (Lipinski definition) is 7. The van der Waals surface area contributed by atoms with Crippen LogP contribution in [0.3, 0.4) is 0 Å². The summed E-state index contributed by atoms with van der Waals surface area (Å²) in [7, 11) is 0. The molecule has 0 aromatic heterocycles. The Balaban J connectivity index is 0.831. The van der Waals surface area contributed by atoms with E-state index in [1.54, 1.807) is 21.9 Å². The standard InChI is InChI=1S/C56H64FN7O4/c57-45-25-31-48(32-26-45)62(39-41-21-27-46(28-22-41)58-53(65)49-19-13-37-63(49)55(67)51(43-15-5-1-6-16-43)60-33-9-3-10-34-60)40-42-23-29-47(30-24-42)59-54(66)50-20-14-38-64(50)56(68)52(44-17-7-2-8-18-44)61-35-11-4-12-36-61/h1-2,5-8,15-18,21-32,49-52H,3-4,9-14,19-20,33-40H2,(H,58,65)(H,59,66)/t49-,50?,51+,52+/m0/s1. The minimum absolute atomic E-state index is 0.00389. The minimum atomic E-state index is -0.546. The van der Waals surface area contributed by atoms with Gasteiger partial charge in [-0.05, 0) is 148 Å². The zero-order chi connectivity index (χ0) is 46.8. The lowest BCUT2D eigenvalue weighted by molar-refractivity contribution is -0.142. The number of nitrogens with zero attached hydrogens (tertiary/aromatic N) is 5. The molecule has 0 saturated carbocycles. The monoisotopic (exact) mass is 918 g/mol. The van der Waals surface area contributed by atoms with Gasteiger partial charge in [-0.1, -0.05) is 97.8 Å². The Morgan fingerprint density at radius 2 is 0.882 bits per heavy atom. The van der Waals surface area contributed by atoms with Crippen LogP contribution in [0.1, 0.15) is 98.5 Å². The molecule has 2 N–H and O–H groups in total. The van der Waals surface area contributed by atoms with Crippen molar-refractivity contribution in [2.45, 2.75) is 101 Å². The largest absolute Gasteiger partial charge is 0.363 e. The Kier molecular flexibility index (Phi) is 15.2. The van der Waals surface area contributed by atoms with E-state index in [2.05, 4.69) is 25.3 Å². The first-order valence-corrected chi connectivity index (χ1v) is 24.8. The first-order valence-electron chi connectivity index (χ1n) is 24.8.